The molecule has 0 bridgehead atoms. The maximum absolute atomic E-state index is 12.3. The highest BCUT2D eigenvalue weighted by atomic mass is 35.5. The van der Waals surface area contributed by atoms with Crippen molar-refractivity contribution in [3.05, 3.63) is 64.2 Å². The van der Waals surface area contributed by atoms with Gasteiger partial charge in [-0.25, -0.2) is 0 Å². The highest BCUT2D eigenvalue weighted by Gasteiger charge is 2.12. The number of hydrogen-bond acceptors (Lipinski definition) is 2. The molecule has 0 saturated heterocycles. The first-order valence-electron chi connectivity index (χ1n) is 6.30. The lowest BCUT2D eigenvalue weighted by molar-refractivity contribution is 0.103. The predicted octanol–water partition coefficient (Wildman–Crippen LogP) is 4.11. The van der Waals surface area contributed by atoms with Crippen molar-refractivity contribution in [1.82, 2.24) is 0 Å². The summed E-state index contributed by atoms with van der Waals surface area (Å²) in [6.07, 6.45) is 2.12. The number of benzene rings is 2. The zero-order valence-corrected chi connectivity index (χ0v) is 11.6. The summed E-state index contributed by atoms with van der Waals surface area (Å²) in [5.41, 5.74) is 8.62. The van der Waals surface area contributed by atoms with E-state index in [1.165, 1.54) is 5.56 Å². The summed E-state index contributed by atoms with van der Waals surface area (Å²) >= 11 is 5.83. The topological polar surface area (TPSA) is 43.1 Å². The van der Waals surface area contributed by atoms with Gasteiger partial charge in [-0.05, 0) is 30.2 Å². The summed E-state index contributed by atoms with van der Waals surface area (Å²) in [5, 5.41) is 0.535. The fraction of sp³-hybridized carbons (Fsp3) is 0.188. The Balaban J connectivity index is 2.28. The van der Waals surface area contributed by atoms with Gasteiger partial charge in [0, 0.05) is 21.8 Å². The first-order valence-corrected chi connectivity index (χ1v) is 6.68. The zero-order valence-electron chi connectivity index (χ0n) is 10.8. The molecule has 19 heavy (non-hydrogen) atoms. The first kappa shape index (κ1) is 13.6. The third kappa shape index (κ3) is 3.15. The molecule has 0 aliphatic carbocycles. The fourth-order valence-electron chi connectivity index (χ4n) is 2.01. The summed E-state index contributed by atoms with van der Waals surface area (Å²) in [6.45, 7) is 2.13. The maximum atomic E-state index is 12.3. The van der Waals surface area contributed by atoms with Crippen molar-refractivity contribution in [3.63, 3.8) is 0 Å². The molecule has 0 atom stereocenters. The second-order valence-electron chi connectivity index (χ2n) is 4.51. The van der Waals surface area contributed by atoms with E-state index < -0.39 is 0 Å². The molecule has 2 aromatic rings. The molecule has 0 aliphatic heterocycles. The first-order chi connectivity index (χ1) is 9.11. The number of aryl methyl sites for hydroxylation is 1. The van der Waals surface area contributed by atoms with Crippen LogP contribution in [0.4, 0.5) is 5.69 Å². The molecular weight excluding hydrogens is 258 g/mol. The minimum Gasteiger partial charge on any atom is -0.398 e. The lowest BCUT2D eigenvalue weighted by Crippen LogP contribution is -2.05. The van der Waals surface area contributed by atoms with Gasteiger partial charge in [0.2, 0.25) is 0 Å². The molecule has 0 radical (unpaired) electrons. The number of ketones is 1. The quantitative estimate of drug-likeness (QED) is 0.673. The lowest BCUT2D eigenvalue weighted by atomic mass is 10.00. The third-order valence-electron chi connectivity index (χ3n) is 3.01. The number of hydrogen-bond donors (Lipinski definition) is 1. The van der Waals surface area contributed by atoms with E-state index in [-0.39, 0.29) is 5.78 Å². The van der Waals surface area contributed by atoms with Crippen LogP contribution in [0.5, 0.6) is 0 Å². The maximum Gasteiger partial charge on any atom is 0.195 e. The number of halogens is 1. The Morgan fingerprint density at radius 3 is 2.42 bits per heavy atom. The SMILES string of the molecule is CCCc1ccc(C(=O)c2ccc(Cl)cc2N)cc1. The van der Waals surface area contributed by atoms with Gasteiger partial charge < -0.3 is 5.73 Å². The molecule has 2 rings (SSSR count). The Labute approximate surface area is 118 Å². The van der Waals surface area contributed by atoms with Crippen molar-refractivity contribution < 1.29 is 4.79 Å². The monoisotopic (exact) mass is 273 g/mol. The molecular formula is C16H16ClNO. The Morgan fingerprint density at radius 2 is 1.84 bits per heavy atom. The minimum atomic E-state index is -0.0720. The lowest BCUT2D eigenvalue weighted by Gasteiger charge is -2.06. The largest absolute Gasteiger partial charge is 0.398 e. The van der Waals surface area contributed by atoms with Crippen molar-refractivity contribution in [3.8, 4) is 0 Å². The molecule has 0 fully saturated rings. The van der Waals surface area contributed by atoms with E-state index in [4.69, 9.17) is 17.3 Å². The number of nitrogens with two attached hydrogens (primary N) is 1. The number of nitrogen functional groups attached to an aromatic ring is 1. The molecule has 0 spiro atoms. The van der Waals surface area contributed by atoms with Crippen LogP contribution in [-0.4, -0.2) is 5.78 Å². The second-order valence-corrected chi connectivity index (χ2v) is 4.94. The van der Waals surface area contributed by atoms with Gasteiger partial charge in [0.25, 0.3) is 0 Å². The number of carbonyl (C=O) groups is 1. The van der Waals surface area contributed by atoms with Gasteiger partial charge in [0.05, 0.1) is 0 Å². The molecule has 0 heterocycles. The Kier molecular flexibility index (Phi) is 4.23. The van der Waals surface area contributed by atoms with Crippen LogP contribution in [0.1, 0.15) is 34.8 Å². The minimum absolute atomic E-state index is 0.0720. The van der Waals surface area contributed by atoms with Crippen molar-refractivity contribution in [2.75, 3.05) is 5.73 Å². The van der Waals surface area contributed by atoms with Crippen LogP contribution in [0.15, 0.2) is 42.5 Å². The Bertz CT molecular complexity index is 590. The van der Waals surface area contributed by atoms with Gasteiger partial charge in [0.1, 0.15) is 0 Å². The highest BCUT2D eigenvalue weighted by Crippen LogP contribution is 2.21. The molecule has 0 aliphatic rings. The van der Waals surface area contributed by atoms with Crippen molar-refractivity contribution in [2.24, 2.45) is 0 Å². The third-order valence-corrected chi connectivity index (χ3v) is 3.25. The fourth-order valence-corrected chi connectivity index (χ4v) is 2.19. The highest BCUT2D eigenvalue weighted by molar-refractivity contribution is 6.31. The smallest absolute Gasteiger partial charge is 0.195 e. The molecule has 2 N–H and O–H groups in total. The van der Waals surface area contributed by atoms with Crippen LogP contribution in [0.3, 0.4) is 0 Å². The molecule has 2 aromatic carbocycles. The van der Waals surface area contributed by atoms with Gasteiger partial charge in [0.15, 0.2) is 5.78 Å². The zero-order chi connectivity index (χ0) is 13.8. The van der Waals surface area contributed by atoms with E-state index in [1.54, 1.807) is 18.2 Å². The predicted molar refractivity (Wildman–Crippen MR) is 79.7 cm³/mol. The Hall–Kier alpha value is -1.80. The summed E-state index contributed by atoms with van der Waals surface area (Å²) < 4.78 is 0. The van der Waals surface area contributed by atoms with Gasteiger partial charge in [-0.1, -0.05) is 49.2 Å². The van der Waals surface area contributed by atoms with E-state index in [1.807, 2.05) is 24.3 Å². The Morgan fingerprint density at radius 1 is 1.16 bits per heavy atom. The average Bonchev–Trinajstić information content (AvgIpc) is 2.39. The van der Waals surface area contributed by atoms with E-state index >= 15 is 0 Å². The average molecular weight is 274 g/mol. The summed E-state index contributed by atoms with van der Waals surface area (Å²) in [6, 6.07) is 12.6. The van der Waals surface area contributed by atoms with Gasteiger partial charge in [-0.15, -0.1) is 0 Å². The summed E-state index contributed by atoms with van der Waals surface area (Å²) in [5.74, 6) is -0.0720. The molecule has 3 heteroatoms. The van der Waals surface area contributed by atoms with E-state index in [2.05, 4.69) is 6.92 Å². The van der Waals surface area contributed by atoms with Crippen molar-refractivity contribution in [1.29, 1.82) is 0 Å². The molecule has 98 valence electrons. The van der Waals surface area contributed by atoms with Crippen LogP contribution in [-0.2, 0) is 6.42 Å². The number of rotatable bonds is 4. The standard InChI is InChI=1S/C16H16ClNO/c1-2-3-11-4-6-12(7-5-11)16(19)14-9-8-13(17)10-15(14)18/h4-10H,2-3,18H2,1H3. The normalized spacial score (nSPS) is 10.4. The number of anilines is 1. The van der Waals surface area contributed by atoms with Gasteiger partial charge in [-0.3, -0.25) is 4.79 Å². The van der Waals surface area contributed by atoms with Crippen LogP contribution in [0.2, 0.25) is 5.02 Å². The summed E-state index contributed by atoms with van der Waals surface area (Å²) in [4.78, 5) is 12.3. The van der Waals surface area contributed by atoms with Crippen molar-refractivity contribution >= 4 is 23.1 Å². The second kappa shape index (κ2) is 5.89. The summed E-state index contributed by atoms with van der Waals surface area (Å²) in [7, 11) is 0. The van der Waals surface area contributed by atoms with E-state index in [9.17, 15) is 4.79 Å². The van der Waals surface area contributed by atoms with Crippen molar-refractivity contribution in [2.45, 2.75) is 19.8 Å². The molecule has 0 unspecified atom stereocenters. The van der Waals surface area contributed by atoms with E-state index in [0.29, 0.717) is 21.8 Å². The van der Waals surface area contributed by atoms with Crippen LogP contribution < -0.4 is 5.73 Å². The van der Waals surface area contributed by atoms with Crippen LogP contribution in [0, 0.1) is 0 Å². The van der Waals surface area contributed by atoms with E-state index in [0.717, 1.165) is 12.8 Å². The molecule has 2 nitrogen and oxygen atoms in total. The van der Waals surface area contributed by atoms with Gasteiger partial charge in [-0.2, -0.15) is 0 Å². The van der Waals surface area contributed by atoms with Crippen LogP contribution >= 0.6 is 11.6 Å². The van der Waals surface area contributed by atoms with Gasteiger partial charge >= 0.3 is 0 Å². The molecule has 0 saturated carbocycles. The number of carbonyl (C=O) groups excluding carboxylic acids is 1. The molecule has 0 amide bonds. The molecule has 0 aromatic heterocycles. The van der Waals surface area contributed by atoms with Crippen LogP contribution in [0.25, 0.3) is 0 Å².